The van der Waals surface area contributed by atoms with E-state index in [0.717, 1.165) is 31.8 Å². The number of carbonyl (C=O) groups excluding carboxylic acids is 1. The van der Waals surface area contributed by atoms with Gasteiger partial charge in [0, 0.05) is 25.0 Å². The van der Waals surface area contributed by atoms with E-state index in [4.69, 9.17) is 5.73 Å². The van der Waals surface area contributed by atoms with E-state index in [1.165, 1.54) is 25.7 Å². The molecule has 1 amide bonds. The van der Waals surface area contributed by atoms with E-state index in [9.17, 15) is 4.79 Å². The third-order valence-electron chi connectivity index (χ3n) is 5.21. The van der Waals surface area contributed by atoms with Crippen molar-refractivity contribution in [3.63, 3.8) is 0 Å². The van der Waals surface area contributed by atoms with Crippen LogP contribution in [0.1, 0.15) is 59.3 Å². The number of hydrogen-bond donors (Lipinski definition) is 1. The Morgan fingerprint density at radius 2 is 1.90 bits per heavy atom. The highest BCUT2D eigenvalue weighted by atomic mass is 35.5. The predicted molar refractivity (Wildman–Crippen MR) is 85.9 cm³/mol. The van der Waals surface area contributed by atoms with Gasteiger partial charge in [-0.05, 0) is 24.2 Å². The Labute approximate surface area is 130 Å². The van der Waals surface area contributed by atoms with Gasteiger partial charge < -0.3 is 10.6 Å². The van der Waals surface area contributed by atoms with Gasteiger partial charge in [0.1, 0.15) is 0 Å². The van der Waals surface area contributed by atoms with Crippen LogP contribution in [0.3, 0.4) is 0 Å². The van der Waals surface area contributed by atoms with Gasteiger partial charge in [-0.3, -0.25) is 4.79 Å². The molecule has 3 nitrogen and oxygen atoms in total. The lowest BCUT2D eigenvalue weighted by atomic mass is 9.79. The van der Waals surface area contributed by atoms with E-state index in [-0.39, 0.29) is 29.8 Å². The minimum Gasteiger partial charge on any atom is -0.342 e. The van der Waals surface area contributed by atoms with Gasteiger partial charge >= 0.3 is 0 Å². The highest BCUT2D eigenvalue weighted by Crippen LogP contribution is 2.32. The summed E-state index contributed by atoms with van der Waals surface area (Å²) >= 11 is 0. The summed E-state index contributed by atoms with van der Waals surface area (Å²) in [4.78, 5) is 14.6. The van der Waals surface area contributed by atoms with E-state index in [0.29, 0.717) is 5.91 Å². The number of piperidine rings is 1. The number of hydrogen-bond acceptors (Lipinski definition) is 2. The first-order valence-electron chi connectivity index (χ1n) is 7.94. The highest BCUT2D eigenvalue weighted by Gasteiger charge is 2.36. The zero-order valence-electron chi connectivity index (χ0n) is 13.2. The Morgan fingerprint density at radius 3 is 2.45 bits per heavy atom. The lowest BCUT2D eigenvalue weighted by Gasteiger charge is -2.43. The van der Waals surface area contributed by atoms with Crippen LogP contribution in [-0.2, 0) is 4.79 Å². The molecule has 0 bridgehead atoms. The molecule has 2 fully saturated rings. The Hall–Kier alpha value is -0.280. The molecule has 0 aromatic carbocycles. The second-order valence-electron chi connectivity index (χ2n) is 7.43. The van der Waals surface area contributed by atoms with Crippen LogP contribution in [0.2, 0.25) is 0 Å². The molecule has 0 aromatic rings. The maximum atomic E-state index is 12.6. The number of rotatable bonds is 3. The molecule has 2 aliphatic rings. The quantitative estimate of drug-likeness (QED) is 0.870. The molecule has 2 rings (SSSR count). The van der Waals surface area contributed by atoms with Crippen molar-refractivity contribution in [1.82, 2.24) is 4.90 Å². The van der Waals surface area contributed by atoms with Crippen molar-refractivity contribution in [2.45, 2.75) is 65.3 Å². The molecule has 1 heterocycles. The second kappa shape index (κ2) is 7.13. The third kappa shape index (κ3) is 4.11. The summed E-state index contributed by atoms with van der Waals surface area (Å²) in [5.41, 5.74) is 6.20. The molecule has 20 heavy (non-hydrogen) atoms. The zero-order valence-corrected chi connectivity index (χ0v) is 14.0. The largest absolute Gasteiger partial charge is 0.342 e. The van der Waals surface area contributed by atoms with Crippen molar-refractivity contribution in [2.24, 2.45) is 23.0 Å². The minimum absolute atomic E-state index is 0. The zero-order chi connectivity index (χ0) is 14.0. The molecule has 1 aliphatic carbocycles. The second-order valence-corrected chi connectivity index (χ2v) is 7.43. The molecule has 0 aromatic heterocycles. The maximum absolute atomic E-state index is 12.6. The molecule has 1 saturated heterocycles. The predicted octanol–water partition coefficient (Wildman–Crippen LogP) is 3.21. The van der Waals surface area contributed by atoms with Gasteiger partial charge in [-0.25, -0.2) is 0 Å². The fraction of sp³-hybridized carbons (Fsp3) is 0.938. The van der Waals surface area contributed by atoms with E-state index >= 15 is 0 Å². The topological polar surface area (TPSA) is 46.3 Å². The number of carbonyl (C=O) groups is 1. The van der Waals surface area contributed by atoms with Gasteiger partial charge in [0.05, 0.1) is 0 Å². The molecular weight excluding hydrogens is 272 g/mol. The summed E-state index contributed by atoms with van der Waals surface area (Å²) in [6, 6.07) is 0.224. The van der Waals surface area contributed by atoms with Crippen LogP contribution in [0.4, 0.5) is 0 Å². The Morgan fingerprint density at radius 1 is 1.30 bits per heavy atom. The van der Waals surface area contributed by atoms with Gasteiger partial charge in [-0.1, -0.05) is 46.5 Å². The Bertz CT molecular complexity index is 326. The summed E-state index contributed by atoms with van der Waals surface area (Å²) in [7, 11) is 0. The maximum Gasteiger partial charge on any atom is 0.225 e. The van der Waals surface area contributed by atoms with Gasteiger partial charge in [0.15, 0.2) is 0 Å². The smallest absolute Gasteiger partial charge is 0.225 e. The number of nitrogens with zero attached hydrogens (tertiary/aromatic N) is 1. The summed E-state index contributed by atoms with van der Waals surface area (Å²) in [5.74, 6) is 1.33. The Balaban J connectivity index is 0.00000200. The Kier molecular flexibility index (Phi) is 6.33. The van der Waals surface area contributed by atoms with E-state index in [2.05, 4.69) is 25.7 Å². The number of likely N-dealkylation sites (tertiary alicyclic amines) is 1. The van der Waals surface area contributed by atoms with Crippen molar-refractivity contribution in [3.05, 3.63) is 0 Å². The van der Waals surface area contributed by atoms with Crippen LogP contribution in [-0.4, -0.2) is 29.9 Å². The number of amides is 1. The van der Waals surface area contributed by atoms with Crippen molar-refractivity contribution < 1.29 is 4.79 Å². The van der Waals surface area contributed by atoms with E-state index in [1.54, 1.807) is 0 Å². The first-order valence-corrected chi connectivity index (χ1v) is 7.94. The monoisotopic (exact) mass is 302 g/mol. The molecule has 1 saturated carbocycles. The molecule has 2 unspecified atom stereocenters. The van der Waals surface area contributed by atoms with Gasteiger partial charge in [-0.15, -0.1) is 12.4 Å². The molecular formula is C16H31ClN2O. The standard InChI is InChI=1S/C16H30N2O.ClH/c1-12(10-13-6-4-5-7-13)15(19)18-9-8-14(17)16(2,3)11-18;/h12-14H,4-11,17H2,1-3H3;1H. The van der Waals surface area contributed by atoms with E-state index < -0.39 is 0 Å². The highest BCUT2D eigenvalue weighted by molar-refractivity contribution is 5.85. The van der Waals surface area contributed by atoms with Crippen LogP contribution < -0.4 is 5.73 Å². The van der Waals surface area contributed by atoms with Crippen LogP contribution in [0.15, 0.2) is 0 Å². The summed E-state index contributed by atoms with van der Waals surface area (Å²) in [6.45, 7) is 8.14. The third-order valence-corrected chi connectivity index (χ3v) is 5.21. The van der Waals surface area contributed by atoms with Crippen LogP contribution in [0.25, 0.3) is 0 Å². The van der Waals surface area contributed by atoms with E-state index in [1.807, 2.05) is 0 Å². The average Bonchev–Trinajstić information content (AvgIpc) is 2.84. The molecule has 1 aliphatic heterocycles. The van der Waals surface area contributed by atoms with Crippen molar-refractivity contribution in [1.29, 1.82) is 0 Å². The van der Waals surface area contributed by atoms with Crippen molar-refractivity contribution in [3.8, 4) is 0 Å². The molecule has 0 radical (unpaired) electrons. The molecule has 2 N–H and O–H groups in total. The number of nitrogens with two attached hydrogens (primary N) is 1. The summed E-state index contributed by atoms with van der Waals surface area (Å²) in [6.07, 6.45) is 7.40. The van der Waals surface area contributed by atoms with Gasteiger partial charge in [0.2, 0.25) is 5.91 Å². The number of halogens is 1. The van der Waals surface area contributed by atoms with Crippen LogP contribution in [0, 0.1) is 17.3 Å². The van der Waals surface area contributed by atoms with Gasteiger partial charge in [0.25, 0.3) is 0 Å². The van der Waals surface area contributed by atoms with Crippen LogP contribution in [0.5, 0.6) is 0 Å². The lowest BCUT2D eigenvalue weighted by Crippen LogP contribution is -2.54. The fourth-order valence-corrected chi connectivity index (χ4v) is 3.72. The first kappa shape index (κ1) is 17.8. The molecule has 118 valence electrons. The molecule has 0 spiro atoms. The summed E-state index contributed by atoms with van der Waals surface area (Å²) < 4.78 is 0. The fourth-order valence-electron chi connectivity index (χ4n) is 3.72. The van der Waals surface area contributed by atoms with Crippen molar-refractivity contribution in [2.75, 3.05) is 13.1 Å². The molecule has 4 heteroatoms. The molecule has 2 atom stereocenters. The average molecular weight is 303 g/mol. The SMILES string of the molecule is CC(CC1CCCC1)C(=O)N1CCC(N)C(C)(C)C1.Cl. The van der Waals surface area contributed by atoms with Crippen LogP contribution >= 0.6 is 12.4 Å². The summed E-state index contributed by atoms with van der Waals surface area (Å²) in [5, 5.41) is 0. The lowest BCUT2D eigenvalue weighted by molar-refractivity contribution is -0.139. The van der Waals surface area contributed by atoms with Crippen molar-refractivity contribution >= 4 is 18.3 Å². The normalized spacial score (nSPS) is 28.0. The first-order chi connectivity index (χ1) is 8.90. The minimum atomic E-state index is 0. The van der Waals surface area contributed by atoms with Gasteiger partial charge in [-0.2, -0.15) is 0 Å².